The first-order valence-corrected chi connectivity index (χ1v) is 13.3. The average molecular weight is 347 g/mol. The van der Waals surface area contributed by atoms with Gasteiger partial charge in [-0.25, -0.2) is 9.59 Å². The number of carbonyl (C=O) groups excluding carboxylic acids is 2. The number of hydrogen-bond donors (Lipinski definition) is 0. The van der Waals surface area contributed by atoms with Crippen LogP contribution in [-0.4, -0.2) is 28.8 Å². The number of carbonyl (C=O) groups is 2. The lowest BCUT2D eigenvalue weighted by molar-refractivity contribution is 0.197. The second kappa shape index (κ2) is 9.88. The van der Waals surface area contributed by atoms with Crippen LogP contribution in [0.25, 0.3) is 0 Å². The molecule has 0 aromatic carbocycles. The first-order chi connectivity index (χ1) is 10.4. The smallest absolute Gasteiger partial charge is 0.439 e. The minimum Gasteiger partial charge on any atom is -0.501 e. The summed E-state index contributed by atoms with van der Waals surface area (Å²) in [6.45, 7) is 12.1. The Bertz CT molecular complexity index is 342. The number of azo groups is 1. The maximum atomic E-state index is 11.8. The fraction of sp³-hybridized carbons (Fsp3) is 0.857. The van der Waals surface area contributed by atoms with Crippen molar-refractivity contribution in [2.24, 2.45) is 10.2 Å². The molecule has 0 aliphatic heterocycles. The summed E-state index contributed by atoms with van der Waals surface area (Å²) in [5.41, 5.74) is 0. The van der Waals surface area contributed by atoms with E-state index < -0.39 is 28.8 Å². The van der Waals surface area contributed by atoms with E-state index in [-0.39, 0.29) is 0 Å². The van der Waals surface area contributed by atoms with Gasteiger partial charge in [0.2, 0.25) is 0 Å². The molecule has 0 atom stereocenters. The summed E-state index contributed by atoms with van der Waals surface area (Å²) < 4.78 is 11.0. The van der Waals surface area contributed by atoms with Crippen molar-refractivity contribution in [2.75, 3.05) is 0 Å². The Morgan fingerprint density at radius 3 is 1.05 bits per heavy atom. The van der Waals surface area contributed by atoms with Gasteiger partial charge in [-0.05, 0) is 36.3 Å². The zero-order valence-electron chi connectivity index (χ0n) is 14.8. The van der Waals surface area contributed by atoms with Crippen molar-refractivity contribution < 1.29 is 18.4 Å². The van der Waals surface area contributed by atoms with E-state index in [0.717, 1.165) is 36.3 Å². The van der Waals surface area contributed by atoms with Gasteiger partial charge >= 0.3 is 12.2 Å². The molecule has 128 valence electrons. The Hall–Kier alpha value is -1.03. The molecule has 0 aromatic rings. The Morgan fingerprint density at radius 1 is 0.636 bits per heavy atom. The molecule has 0 fully saturated rings. The van der Waals surface area contributed by atoms with Gasteiger partial charge in [0.05, 0.1) is 0 Å². The van der Waals surface area contributed by atoms with Crippen LogP contribution in [0.1, 0.15) is 41.5 Å². The van der Waals surface area contributed by atoms with Crippen LogP contribution in [0, 0.1) is 0 Å². The van der Waals surface area contributed by atoms with Crippen LogP contribution < -0.4 is 0 Å². The number of hydrogen-bond acceptors (Lipinski definition) is 4. The van der Waals surface area contributed by atoms with Crippen molar-refractivity contribution in [2.45, 2.75) is 77.8 Å². The molecule has 0 radical (unpaired) electrons. The maximum absolute atomic E-state index is 11.8. The summed E-state index contributed by atoms with van der Waals surface area (Å²) in [7, 11) is -4.13. The van der Waals surface area contributed by atoms with Crippen LogP contribution in [0.15, 0.2) is 10.2 Å². The third-order valence-corrected chi connectivity index (χ3v) is 13.6. The molecule has 0 spiro atoms. The van der Waals surface area contributed by atoms with E-state index in [1.807, 2.05) is 41.5 Å². The fourth-order valence-electron chi connectivity index (χ4n) is 2.43. The van der Waals surface area contributed by atoms with Crippen molar-refractivity contribution in [3.05, 3.63) is 0 Å². The Morgan fingerprint density at radius 2 is 0.864 bits per heavy atom. The Labute approximate surface area is 135 Å². The molecule has 6 nitrogen and oxygen atoms in total. The van der Waals surface area contributed by atoms with Gasteiger partial charge in [0.15, 0.2) is 0 Å². The molecule has 2 amide bonds. The zero-order chi connectivity index (χ0) is 17.2. The Balaban J connectivity index is 4.71. The highest BCUT2D eigenvalue weighted by molar-refractivity contribution is 6.75. The monoisotopic (exact) mass is 346 g/mol. The molecular formula is C14H30N2O4Si2. The van der Waals surface area contributed by atoms with Crippen molar-refractivity contribution in [1.29, 1.82) is 0 Å². The molecule has 0 rings (SSSR count). The number of nitrogens with zero attached hydrogens (tertiary/aromatic N) is 2. The second-order valence-corrected chi connectivity index (χ2v) is 14.8. The minimum absolute atomic E-state index is 0.772. The highest BCUT2D eigenvalue weighted by Gasteiger charge is 2.34. The highest BCUT2D eigenvalue weighted by Crippen LogP contribution is 2.23. The van der Waals surface area contributed by atoms with Crippen LogP contribution in [0.3, 0.4) is 0 Å². The van der Waals surface area contributed by atoms with E-state index >= 15 is 0 Å². The summed E-state index contributed by atoms with van der Waals surface area (Å²) in [6, 6.07) is 5.02. The third kappa shape index (κ3) is 6.00. The van der Waals surface area contributed by atoms with E-state index in [9.17, 15) is 9.59 Å². The standard InChI is InChI=1S/C14H30N2O4Si2/c1-7-21(8-2,9-3)19-13(17)15-16-14(18)20-22(10-4,11-5)12-6/h7-12H2,1-6H3/b16-15+. The molecule has 0 saturated heterocycles. The van der Waals surface area contributed by atoms with Crippen molar-refractivity contribution in [1.82, 2.24) is 0 Å². The quantitative estimate of drug-likeness (QED) is 0.416. The topological polar surface area (TPSA) is 77.3 Å². The van der Waals surface area contributed by atoms with Gasteiger partial charge in [0.1, 0.15) is 0 Å². The molecule has 0 aromatic heterocycles. The zero-order valence-corrected chi connectivity index (χ0v) is 16.8. The summed E-state index contributed by atoms with van der Waals surface area (Å²) in [5.74, 6) is 0. The molecule has 0 aliphatic carbocycles. The highest BCUT2D eigenvalue weighted by atomic mass is 28.4. The van der Waals surface area contributed by atoms with Gasteiger partial charge in [-0.2, -0.15) is 0 Å². The number of rotatable bonds is 8. The van der Waals surface area contributed by atoms with Crippen LogP contribution in [0.5, 0.6) is 0 Å². The lowest BCUT2D eigenvalue weighted by Gasteiger charge is -2.26. The van der Waals surface area contributed by atoms with E-state index in [2.05, 4.69) is 10.2 Å². The molecule has 0 saturated carbocycles. The van der Waals surface area contributed by atoms with E-state index in [0.29, 0.717) is 0 Å². The SMILES string of the molecule is CC[Si](CC)(CC)OC(=O)/N=N/C(=O)O[Si](CC)(CC)CC. The largest absolute Gasteiger partial charge is 0.501 e. The molecule has 8 heteroatoms. The lowest BCUT2D eigenvalue weighted by atomic mass is 10.9. The van der Waals surface area contributed by atoms with Gasteiger partial charge in [0, 0.05) is 0 Å². The molecule has 22 heavy (non-hydrogen) atoms. The van der Waals surface area contributed by atoms with Crippen LogP contribution in [0.2, 0.25) is 36.3 Å². The van der Waals surface area contributed by atoms with Gasteiger partial charge in [-0.3, -0.25) is 0 Å². The third-order valence-electron chi connectivity index (χ3n) is 4.69. The minimum atomic E-state index is -2.07. The second-order valence-electron chi connectivity index (χ2n) is 5.42. The summed E-state index contributed by atoms with van der Waals surface area (Å²) >= 11 is 0. The molecule has 0 N–H and O–H groups in total. The van der Waals surface area contributed by atoms with Crippen molar-refractivity contribution in [3.63, 3.8) is 0 Å². The summed E-state index contributed by atoms with van der Waals surface area (Å²) in [4.78, 5) is 23.5. The molecule has 0 unspecified atom stereocenters. The van der Waals surface area contributed by atoms with Gasteiger partial charge in [0.25, 0.3) is 16.6 Å². The lowest BCUT2D eigenvalue weighted by Crippen LogP contribution is -2.38. The van der Waals surface area contributed by atoms with Crippen molar-refractivity contribution >= 4 is 28.8 Å². The normalized spacial score (nSPS) is 12.5. The van der Waals surface area contributed by atoms with Crippen LogP contribution >= 0.6 is 0 Å². The first kappa shape index (κ1) is 21.0. The van der Waals surface area contributed by atoms with Crippen molar-refractivity contribution in [3.8, 4) is 0 Å². The maximum Gasteiger partial charge on any atom is 0.439 e. The predicted molar refractivity (Wildman–Crippen MR) is 92.2 cm³/mol. The molecular weight excluding hydrogens is 316 g/mol. The van der Waals surface area contributed by atoms with Crippen LogP contribution in [-0.2, 0) is 8.85 Å². The fourth-order valence-corrected chi connectivity index (χ4v) is 7.11. The van der Waals surface area contributed by atoms with E-state index in [1.165, 1.54) is 0 Å². The van der Waals surface area contributed by atoms with Gasteiger partial charge < -0.3 is 8.85 Å². The molecule has 0 aliphatic rings. The van der Waals surface area contributed by atoms with E-state index in [4.69, 9.17) is 8.85 Å². The first-order valence-electron chi connectivity index (χ1n) is 8.24. The average Bonchev–Trinajstić information content (AvgIpc) is 2.56. The predicted octanol–water partition coefficient (Wildman–Crippen LogP) is 5.72. The Kier molecular flexibility index (Phi) is 9.42. The number of amides is 2. The summed E-state index contributed by atoms with van der Waals surface area (Å²) in [5, 5.41) is 6.77. The summed E-state index contributed by atoms with van der Waals surface area (Å²) in [6.07, 6.45) is -1.54. The van der Waals surface area contributed by atoms with Gasteiger partial charge in [-0.15, -0.1) is 0 Å². The molecule has 0 heterocycles. The van der Waals surface area contributed by atoms with E-state index in [1.54, 1.807) is 0 Å². The molecule has 0 bridgehead atoms. The van der Waals surface area contributed by atoms with Crippen LogP contribution in [0.4, 0.5) is 9.59 Å². The van der Waals surface area contributed by atoms with Gasteiger partial charge in [-0.1, -0.05) is 51.8 Å².